The number of allylic oxidation sites excluding steroid dienone is 1. The second kappa shape index (κ2) is 10.3. The molecule has 0 aliphatic heterocycles. The number of hydrogen-bond donors (Lipinski definition) is 1. The molecule has 0 saturated heterocycles. The Balaban J connectivity index is 2.33. The third-order valence-electron chi connectivity index (χ3n) is 5.13. The standard InChI is InChI=1S/C28H27ClO/c1-3-4-5-12-19-24(22-15-8-6-9-16-22)27(23-17-10-7-11-18-23)28(2,30)25-20-13-14-21-26(25)29/h6-11,13-18,20-21,30H,3-5H2,1-2H3/b27-24+. The van der Waals surface area contributed by atoms with E-state index < -0.39 is 5.60 Å². The highest BCUT2D eigenvalue weighted by atomic mass is 35.5. The van der Waals surface area contributed by atoms with Gasteiger partial charge in [-0.2, -0.15) is 0 Å². The summed E-state index contributed by atoms with van der Waals surface area (Å²) in [4.78, 5) is 0. The molecular formula is C28H27ClO. The van der Waals surface area contributed by atoms with Crippen molar-refractivity contribution in [2.45, 2.75) is 38.7 Å². The van der Waals surface area contributed by atoms with Crippen LogP contribution in [0.4, 0.5) is 0 Å². The highest BCUT2D eigenvalue weighted by Crippen LogP contribution is 2.43. The molecule has 0 aliphatic carbocycles. The van der Waals surface area contributed by atoms with Gasteiger partial charge in [-0.1, -0.05) is 116 Å². The number of halogens is 1. The summed E-state index contributed by atoms with van der Waals surface area (Å²) >= 11 is 6.52. The molecule has 0 aromatic heterocycles. The first-order valence-electron chi connectivity index (χ1n) is 10.4. The highest BCUT2D eigenvalue weighted by molar-refractivity contribution is 6.31. The summed E-state index contributed by atoms with van der Waals surface area (Å²) in [7, 11) is 0. The Hall–Kier alpha value is -2.79. The molecule has 0 bridgehead atoms. The lowest BCUT2D eigenvalue weighted by Gasteiger charge is -2.30. The number of hydrogen-bond acceptors (Lipinski definition) is 1. The Morgan fingerprint density at radius 1 is 0.867 bits per heavy atom. The molecule has 0 heterocycles. The summed E-state index contributed by atoms with van der Waals surface area (Å²) in [6, 6.07) is 27.5. The van der Waals surface area contributed by atoms with Gasteiger partial charge in [-0.25, -0.2) is 0 Å². The zero-order valence-electron chi connectivity index (χ0n) is 17.5. The van der Waals surface area contributed by atoms with Crippen LogP contribution in [0, 0.1) is 11.8 Å². The predicted octanol–water partition coefficient (Wildman–Crippen LogP) is 7.35. The minimum atomic E-state index is -1.33. The molecule has 0 amide bonds. The number of benzene rings is 3. The smallest absolute Gasteiger partial charge is 0.115 e. The largest absolute Gasteiger partial charge is 0.381 e. The van der Waals surface area contributed by atoms with Crippen molar-refractivity contribution < 1.29 is 5.11 Å². The van der Waals surface area contributed by atoms with Crippen LogP contribution in [-0.2, 0) is 5.60 Å². The fourth-order valence-electron chi connectivity index (χ4n) is 3.56. The molecule has 0 saturated carbocycles. The summed E-state index contributed by atoms with van der Waals surface area (Å²) in [6.07, 6.45) is 2.97. The van der Waals surface area contributed by atoms with Gasteiger partial charge in [-0.15, -0.1) is 0 Å². The van der Waals surface area contributed by atoms with Crippen LogP contribution >= 0.6 is 11.6 Å². The van der Waals surface area contributed by atoms with Gasteiger partial charge in [0.2, 0.25) is 0 Å². The van der Waals surface area contributed by atoms with Crippen molar-refractivity contribution in [1.29, 1.82) is 0 Å². The van der Waals surface area contributed by atoms with E-state index >= 15 is 0 Å². The summed E-state index contributed by atoms with van der Waals surface area (Å²) in [5.74, 6) is 6.71. The predicted molar refractivity (Wildman–Crippen MR) is 128 cm³/mol. The van der Waals surface area contributed by atoms with Crippen LogP contribution in [-0.4, -0.2) is 5.11 Å². The molecule has 0 spiro atoms. The maximum Gasteiger partial charge on any atom is 0.115 e. The quantitative estimate of drug-likeness (QED) is 0.254. The van der Waals surface area contributed by atoms with Gasteiger partial charge in [0.25, 0.3) is 0 Å². The highest BCUT2D eigenvalue weighted by Gasteiger charge is 2.33. The van der Waals surface area contributed by atoms with E-state index in [9.17, 15) is 5.11 Å². The van der Waals surface area contributed by atoms with Crippen LogP contribution in [0.15, 0.2) is 84.9 Å². The Morgan fingerprint density at radius 3 is 2.03 bits per heavy atom. The summed E-state index contributed by atoms with van der Waals surface area (Å²) < 4.78 is 0. The van der Waals surface area contributed by atoms with Crippen LogP contribution in [0.2, 0.25) is 5.02 Å². The van der Waals surface area contributed by atoms with E-state index in [-0.39, 0.29) is 0 Å². The monoisotopic (exact) mass is 414 g/mol. The molecule has 2 heteroatoms. The van der Waals surface area contributed by atoms with Crippen molar-refractivity contribution in [3.05, 3.63) is 107 Å². The van der Waals surface area contributed by atoms with Gasteiger partial charge < -0.3 is 5.11 Å². The second-order valence-corrected chi connectivity index (χ2v) is 7.85. The van der Waals surface area contributed by atoms with E-state index in [1.807, 2.05) is 84.9 Å². The van der Waals surface area contributed by atoms with Crippen molar-refractivity contribution in [1.82, 2.24) is 0 Å². The topological polar surface area (TPSA) is 20.2 Å². The molecule has 0 aliphatic rings. The summed E-state index contributed by atoms with van der Waals surface area (Å²) in [6.45, 7) is 3.96. The number of rotatable bonds is 6. The number of unbranched alkanes of at least 4 members (excludes halogenated alkanes) is 2. The normalized spacial score (nSPS) is 13.6. The molecule has 3 aromatic carbocycles. The molecule has 152 valence electrons. The van der Waals surface area contributed by atoms with Crippen molar-refractivity contribution in [3.8, 4) is 11.8 Å². The van der Waals surface area contributed by atoms with Gasteiger partial charge >= 0.3 is 0 Å². The van der Waals surface area contributed by atoms with E-state index in [1.165, 1.54) is 0 Å². The maximum absolute atomic E-state index is 11.9. The minimum Gasteiger partial charge on any atom is -0.381 e. The van der Waals surface area contributed by atoms with Gasteiger partial charge in [0.15, 0.2) is 0 Å². The molecule has 3 aromatic rings. The van der Waals surface area contributed by atoms with Crippen LogP contribution < -0.4 is 0 Å². The molecule has 3 rings (SSSR count). The van der Waals surface area contributed by atoms with E-state index in [1.54, 1.807) is 6.92 Å². The average molecular weight is 415 g/mol. The maximum atomic E-state index is 11.9. The van der Waals surface area contributed by atoms with Gasteiger partial charge in [-0.05, 0) is 30.5 Å². The van der Waals surface area contributed by atoms with Gasteiger partial charge in [0.1, 0.15) is 5.60 Å². The SMILES string of the molecule is CCCCC#C/C(=C(/c1ccccc1)C(C)(O)c1ccccc1Cl)c1ccccc1. The van der Waals surface area contributed by atoms with Gasteiger partial charge in [-0.3, -0.25) is 0 Å². The Labute approximate surface area is 185 Å². The van der Waals surface area contributed by atoms with Crippen LogP contribution in [0.5, 0.6) is 0 Å². The van der Waals surface area contributed by atoms with E-state index in [0.717, 1.165) is 41.5 Å². The molecule has 1 N–H and O–H groups in total. The zero-order valence-corrected chi connectivity index (χ0v) is 18.3. The molecule has 30 heavy (non-hydrogen) atoms. The molecule has 0 radical (unpaired) electrons. The van der Waals surface area contributed by atoms with Crippen molar-refractivity contribution in [2.24, 2.45) is 0 Å². The van der Waals surface area contributed by atoms with Crippen molar-refractivity contribution >= 4 is 22.7 Å². The molecule has 1 unspecified atom stereocenters. The fraction of sp³-hybridized carbons (Fsp3) is 0.214. The van der Waals surface area contributed by atoms with Gasteiger partial charge in [0, 0.05) is 28.2 Å². The summed E-state index contributed by atoms with van der Waals surface area (Å²) in [5, 5.41) is 12.4. The van der Waals surface area contributed by atoms with Gasteiger partial charge in [0.05, 0.1) is 0 Å². The fourth-order valence-corrected chi connectivity index (χ4v) is 3.88. The summed E-state index contributed by atoms with van der Waals surface area (Å²) in [5.41, 5.74) is 2.81. The Morgan fingerprint density at radius 2 is 1.43 bits per heavy atom. The van der Waals surface area contributed by atoms with Crippen LogP contribution in [0.3, 0.4) is 0 Å². The Bertz CT molecular complexity index is 1050. The Kier molecular flexibility index (Phi) is 7.52. The van der Waals surface area contributed by atoms with E-state index in [0.29, 0.717) is 10.6 Å². The average Bonchev–Trinajstić information content (AvgIpc) is 2.77. The molecule has 1 nitrogen and oxygen atoms in total. The lowest BCUT2D eigenvalue weighted by Crippen LogP contribution is -2.25. The molecule has 1 atom stereocenters. The third-order valence-corrected chi connectivity index (χ3v) is 5.46. The molecular weight excluding hydrogens is 388 g/mol. The molecule has 0 fully saturated rings. The van der Waals surface area contributed by atoms with Crippen LogP contribution in [0.1, 0.15) is 49.8 Å². The minimum absolute atomic E-state index is 0.530. The lowest BCUT2D eigenvalue weighted by atomic mass is 9.79. The lowest BCUT2D eigenvalue weighted by molar-refractivity contribution is 0.123. The third kappa shape index (κ3) is 5.03. The first-order valence-corrected chi connectivity index (χ1v) is 10.7. The van der Waals surface area contributed by atoms with Crippen molar-refractivity contribution in [3.63, 3.8) is 0 Å². The second-order valence-electron chi connectivity index (χ2n) is 7.44. The van der Waals surface area contributed by atoms with Crippen molar-refractivity contribution in [2.75, 3.05) is 0 Å². The van der Waals surface area contributed by atoms with Crippen LogP contribution in [0.25, 0.3) is 11.1 Å². The first kappa shape index (κ1) is 21.9. The van der Waals surface area contributed by atoms with E-state index in [2.05, 4.69) is 18.8 Å². The first-order chi connectivity index (χ1) is 14.6. The van der Waals surface area contributed by atoms with E-state index in [4.69, 9.17) is 11.6 Å². The number of aliphatic hydroxyl groups is 1. The zero-order chi connectivity index (χ0) is 21.4.